The lowest BCUT2D eigenvalue weighted by atomic mass is 10.1. The number of hydrogen-bond acceptors (Lipinski definition) is 5. The Morgan fingerprint density at radius 1 is 1.30 bits per heavy atom. The number of carbonyl (C=O) groups is 2. The lowest BCUT2D eigenvalue weighted by molar-refractivity contribution is -0.385. The zero-order valence-electron chi connectivity index (χ0n) is 15.4. The molecule has 27 heavy (non-hydrogen) atoms. The van der Waals surface area contributed by atoms with Gasteiger partial charge in [0.25, 0.3) is 5.69 Å². The van der Waals surface area contributed by atoms with E-state index >= 15 is 0 Å². The van der Waals surface area contributed by atoms with Crippen LogP contribution in [-0.2, 0) is 9.59 Å². The Bertz CT molecular complexity index is 743. The second-order valence-corrected chi connectivity index (χ2v) is 6.62. The standard InChI is InChI=1S/C18H23FN4O4/c1-13(2)20-17(24)12-21-7-9-22(10-8-21)18(25)6-4-14-3-5-15(19)11-16(14)23(26)27/h3-6,11,13H,7-10,12H2,1-2H3,(H,20,24). The fourth-order valence-electron chi connectivity index (χ4n) is 2.78. The lowest BCUT2D eigenvalue weighted by Gasteiger charge is -2.33. The van der Waals surface area contributed by atoms with Crippen molar-refractivity contribution in [3.63, 3.8) is 0 Å². The van der Waals surface area contributed by atoms with E-state index in [4.69, 9.17) is 0 Å². The molecule has 1 aliphatic heterocycles. The maximum Gasteiger partial charge on any atom is 0.279 e. The first kappa shape index (κ1) is 20.5. The van der Waals surface area contributed by atoms with Crippen LogP contribution in [0.4, 0.5) is 10.1 Å². The van der Waals surface area contributed by atoms with Crippen molar-refractivity contribution in [2.45, 2.75) is 19.9 Å². The summed E-state index contributed by atoms with van der Waals surface area (Å²) in [5, 5.41) is 13.8. The summed E-state index contributed by atoms with van der Waals surface area (Å²) in [7, 11) is 0. The van der Waals surface area contributed by atoms with Gasteiger partial charge in [0.2, 0.25) is 11.8 Å². The Morgan fingerprint density at radius 3 is 2.56 bits per heavy atom. The highest BCUT2D eigenvalue weighted by molar-refractivity contribution is 5.92. The van der Waals surface area contributed by atoms with Crippen LogP contribution in [0, 0.1) is 15.9 Å². The van der Waals surface area contributed by atoms with Crippen LogP contribution >= 0.6 is 0 Å². The molecule has 0 bridgehead atoms. The van der Waals surface area contributed by atoms with Gasteiger partial charge < -0.3 is 10.2 Å². The van der Waals surface area contributed by atoms with Crippen LogP contribution < -0.4 is 5.32 Å². The van der Waals surface area contributed by atoms with Crippen molar-refractivity contribution in [3.05, 3.63) is 45.8 Å². The fourth-order valence-corrected chi connectivity index (χ4v) is 2.78. The van der Waals surface area contributed by atoms with Gasteiger partial charge in [-0.3, -0.25) is 24.6 Å². The van der Waals surface area contributed by atoms with E-state index in [1.807, 2.05) is 18.7 Å². The summed E-state index contributed by atoms with van der Waals surface area (Å²) in [4.78, 5) is 38.0. The van der Waals surface area contributed by atoms with Gasteiger partial charge in [0.15, 0.2) is 0 Å². The van der Waals surface area contributed by atoms with Crippen LogP contribution in [0.25, 0.3) is 6.08 Å². The van der Waals surface area contributed by atoms with E-state index in [1.54, 1.807) is 4.90 Å². The van der Waals surface area contributed by atoms with E-state index in [2.05, 4.69) is 5.32 Å². The van der Waals surface area contributed by atoms with Crippen molar-refractivity contribution in [1.29, 1.82) is 0 Å². The molecule has 2 amide bonds. The highest BCUT2D eigenvalue weighted by Crippen LogP contribution is 2.21. The van der Waals surface area contributed by atoms with Crippen LogP contribution in [0.3, 0.4) is 0 Å². The molecule has 1 saturated heterocycles. The molecule has 0 atom stereocenters. The second-order valence-electron chi connectivity index (χ2n) is 6.62. The topological polar surface area (TPSA) is 95.8 Å². The number of amides is 2. The third kappa shape index (κ3) is 6.14. The van der Waals surface area contributed by atoms with E-state index < -0.39 is 10.7 Å². The molecule has 8 nitrogen and oxygen atoms in total. The van der Waals surface area contributed by atoms with Gasteiger partial charge in [-0.15, -0.1) is 0 Å². The molecule has 1 aromatic carbocycles. The van der Waals surface area contributed by atoms with E-state index in [-0.39, 0.29) is 35.7 Å². The first-order chi connectivity index (χ1) is 12.8. The van der Waals surface area contributed by atoms with Crippen LogP contribution in [0.15, 0.2) is 24.3 Å². The Hall–Kier alpha value is -2.81. The van der Waals surface area contributed by atoms with Crippen molar-refractivity contribution in [2.24, 2.45) is 0 Å². The van der Waals surface area contributed by atoms with Crippen LogP contribution in [0.1, 0.15) is 19.4 Å². The zero-order valence-corrected chi connectivity index (χ0v) is 15.4. The molecule has 0 aliphatic carbocycles. The summed E-state index contributed by atoms with van der Waals surface area (Å²) in [5.41, 5.74) is -0.223. The number of piperazine rings is 1. The van der Waals surface area contributed by atoms with Gasteiger partial charge in [0.05, 0.1) is 23.1 Å². The Labute approximate surface area is 156 Å². The van der Waals surface area contributed by atoms with Crippen molar-refractivity contribution < 1.29 is 18.9 Å². The van der Waals surface area contributed by atoms with Gasteiger partial charge in [-0.05, 0) is 32.1 Å². The second kappa shape index (κ2) is 9.22. The minimum Gasteiger partial charge on any atom is -0.353 e. The van der Waals surface area contributed by atoms with E-state index in [1.165, 1.54) is 18.2 Å². The van der Waals surface area contributed by atoms with Crippen molar-refractivity contribution in [2.75, 3.05) is 32.7 Å². The summed E-state index contributed by atoms with van der Waals surface area (Å²) >= 11 is 0. The predicted octanol–water partition coefficient (Wildman–Crippen LogP) is 1.42. The summed E-state index contributed by atoms with van der Waals surface area (Å²) in [6.45, 7) is 6.15. The number of hydrogen-bond donors (Lipinski definition) is 1. The summed E-state index contributed by atoms with van der Waals surface area (Å²) in [5.74, 6) is -1.03. The van der Waals surface area contributed by atoms with Crippen LogP contribution in [0.5, 0.6) is 0 Å². The van der Waals surface area contributed by atoms with Gasteiger partial charge in [-0.1, -0.05) is 0 Å². The Morgan fingerprint density at radius 2 is 1.96 bits per heavy atom. The van der Waals surface area contributed by atoms with E-state index in [0.717, 1.165) is 12.1 Å². The summed E-state index contributed by atoms with van der Waals surface area (Å²) in [6, 6.07) is 3.28. The number of nitrogens with zero attached hydrogens (tertiary/aromatic N) is 3. The van der Waals surface area contributed by atoms with E-state index in [9.17, 15) is 24.1 Å². The molecule has 0 unspecified atom stereocenters. The van der Waals surface area contributed by atoms with Crippen molar-refractivity contribution >= 4 is 23.6 Å². The van der Waals surface area contributed by atoms with Crippen LogP contribution in [0.2, 0.25) is 0 Å². The smallest absolute Gasteiger partial charge is 0.279 e. The van der Waals surface area contributed by atoms with E-state index in [0.29, 0.717) is 26.2 Å². The van der Waals surface area contributed by atoms with Gasteiger partial charge in [0.1, 0.15) is 5.82 Å². The molecular weight excluding hydrogens is 355 g/mol. The molecule has 1 aliphatic rings. The number of nitrogens with one attached hydrogen (secondary N) is 1. The molecule has 2 rings (SSSR count). The predicted molar refractivity (Wildman–Crippen MR) is 98.4 cm³/mol. The molecule has 9 heteroatoms. The fraction of sp³-hybridized carbons (Fsp3) is 0.444. The molecule has 1 heterocycles. The largest absolute Gasteiger partial charge is 0.353 e. The Kier molecular flexibility index (Phi) is 7.00. The molecule has 0 radical (unpaired) electrons. The molecule has 0 saturated carbocycles. The Balaban J connectivity index is 1.90. The normalized spacial score (nSPS) is 15.3. The van der Waals surface area contributed by atoms with Gasteiger partial charge in [-0.2, -0.15) is 0 Å². The number of nitro benzene ring substituents is 1. The van der Waals surface area contributed by atoms with Gasteiger partial charge >= 0.3 is 0 Å². The highest BCUT2D eigenvalue weighted by Gasteiger charge is 2.21. The summed E-state index contributed by atoms with van der Waals surface area (Å²) < 4.78 is 13.2. The number of nitro groups is 1. The number of rotatable bonds is 6. The zero-order chi connectivity index (χ0) is 20.0. The third-order valence-corrected chi connectivity index (χ3v) is 4.10. The summed E-state index contributed by atoms with van der Waals surface area (Å²) in [6.07, 6.45) is 2.57. The average molecular weight is 378 g/mol. The first-order valence-corrected chi connectivity index (χ1v) is 8.69. The van der Waals surface area contributed by atoms with Crippen LogP contribution in [-0.4, -0.2) is 65.3 Å². The molecule has 0 spiro atoms. The first-order valence-electron chi connectivity index (χ1n) is 8.69. The average Bonchev–Trinajstić information content (AvgIpc) is 2.60. The molecule has 1 fully saturated rings. The maximum absolute atomic E-state index is 13.2. The molecule has 1 aromatic rings. The number of halogens is 1. The lowest BCUT2D eigenvalue weighted by Crippen LogP contribution is -2.51. The molecule has 146 valence electrons. The SMILES string of the molecule is CC(C)NC(=O)CN1CCN(C(=O)C=Cc2ccc(F)cc2[N+](=O)[O-])CC1. The minimum absolute atomic E-state index is 0.0479. The number of carbonyl (C=O) groups excluding carboxylic acids is 2. The highest BCUT2D eigenvalue weighted by atomic mass is 19.1. The molecule has 1 N–H and O–H groups in total. The minimum atomic E-state index is -0.706. The third-order valence-electron chi connectivity index (χ3n) is 4.10. The molecule has 0 aromatic heterocycles. The van der Waals surface area contributed by atoms with Crippen molar-refractivity contribution in [1.82, 2.24) is 15.1 Å². The monoisotopic (exact) mass is 378 g/mol. The van der Waals surface area contributed by atoms with Crippen molar-refractivity contribution in [3.8, 4) is 0 Å². The quantitative estimate of drug-likeness (QED) is 0.459. The number of benzene rings is 1. The molecular formula is C18H23FN4O4. The van der Waals surface area contributed by atoms with Gasteiger partial charge in [0, 0.05) is 38.3 Å². The van der Waals surface area contributed by atoms with Gasteiger partial charge in [-0.25, -0.2) is 4.39 Å². The maximum atomic E-state index is 13.2.